The Hall–Kier alpha value is -2.33. The molecule has 102 valence electrons. The molecule has 4 nitrogen and oxygen atoms in total. The molecule has 0 spiro atoms. The molecule has 0 saturated heterocycles. The SMILES string of the molecule is COc1ccc(-c2ccc3nc([C@@H](C)O)[nH]c3c2)cc1. The number of aromatic amines is 1. The van der Waals surface area contributed by atoms with Crippen LogP contribution in [0.4, 0.5) is 0 Å². The number of ether oxygens (including phenoxy) is 1. The zero-order valence-electron chi connectivity index (χ0n) is 11.4. The first-order valence-corrected chi connectivity index (χ1v) is 6.49. The Kier molecular flexibility index (Phi) is 3.16. The number of hydrogen-bond donors (Lipinski definition) is 2. The fourth-order valence-corrected chi connectivity index (χ4v) is 2.19. The average Bonchev–Trinajstić information content (AvgIpc) is 2.90. The van der Waals surface area contributed by atoms with E-state index in [1.54, 1.807) is 14.0 Å². The Morgan fingerprint density at radius 1 is 1.10 bits per heavy atom. The maximum Gasteiger partial charge on any atom is 0.135 e. The van der Waals surface area contributed by atoms with Crippen LogP contribution in [0.5, 0.6) is 5.75 Å². The van der Waals surface area contributed by atoms with E-state index >= 15 is 0 Å². The molecular weight excluding hydrogens is 252 g/mol. The van der Waals surface area contributed by atoms with Crippen molar-refractivity contribution in [1.82, 2.24) is 9.97 Å². The van der Waals surface area contributed by atoms with Crippen LogP contribution >= 0.6 is 0 Å². The first kappa shape index (κ1) is 12.7. The second-order valence-electron chi connectivity index (χ2n) is 4.76. The van der Waals surface area contributed by atoms with E-state index in [9.17, 15) is 5.11 Å². The summed E-state index contributed by atoms with van der Waals surface area (Å²) in [4.78, 5) is 7.49. The standard InChI is InChI=1S/C16H16N2O2/c1-10(19)16-17-14-8-5-12(9-15(14)18-16)11-3-6-13(20-2)7-4-11/h3-10,19H,1-2H3,(H,17,18)/t10-/m1/s1. The molecule has 0 unspecified atom stereocenters. The topological polar surface area (TPSA) is 58.1 Å². The first-order valence-electron chi connectivity index (χ1n) is 6.49. The van der Waals surface area contributed by atoms with Crippen molar-refractivity contribution in [3.05, 3.63) is 48.3 Å². The summed E-state index contributed by atoms with van der Waals surface area (Å²) in [6, 6.07) is 13.9. The summed E-state index contributed by atoms with van der Waals surface area (Å²) in [5, 5.41) is 9.56. The molecule has 0 amide bonds. The summed E-state index contributed by atoms with van der Waals surface area (Å²) in [6.07, 6.45) is -0.591. The molecule has 2 N–H and O–H groups in total. The van der Waals surface area contributed by atoms with Gasteiger partial charge in [-0.1, -0.05) is 18.2 Å². The maximum atomic E-state index is 9.56. The molecule has 0 fully saturated rings. The van der Waals surface area contributed by atoms with E-state index in [0.29, 0.717) is 5.82 Å². The van der Waals surface area contributed by atoms with Crippen molar-refractivity contribution in [1.29, 1.82) is 0 Å². The van der Waals surface area contributed by atoms with Gasteiger partial charge in [-0.15, -0.1) is 0 Å². The molecular formula is C16H16N2O2. The lowest BCUT2D eigenvalue weighted by molar-refractivity contribution is 0.190. The van der Waals surface area contributed by atoms with Gasteiger partial charge in [0.05, 0.1) is 18.1 Å². The Balaban J connectivity index is 2.02. The molecule has 3 aromatic rings. The molecule has 0 aliphatic carbocycles. The summed E-state index contributed by atoms with van der Waals surface area (Å²) >= 11 is 0. The van der Waals surface area contributed by atoms with Crippen molar-refractivity contribution in [3.63, 3.8) is 0 Å². The third-order valence-electron chi connectivity index (χ3n) is 3.32. The molecule has 1 aromatic heterocycles. The van der Waals surface area contributed by atoms with Gasteiger partial charge in [-0.2, -0.15) is 0 Å². The van der Waals surface area contributed by atoms with Gasteiger partial charge in [0.2, 0.25) is 0 Å². The minimum atomic E-state index is -0.591. The van der Waals surface area contributed by atoms with E-state index in [1.165, 1.54) is 0 Å². The van der Waals surface area contributed by atoms with E-state index < -0.39 is 6.10 Å². The number of nitrogens with one attached hydrogen (secondary N) is 1. The van der Waals surface area contributed by atoms with Gasteiger partial charge in [0, 0.05) is 0 Å². The number of rotatable bonds is 3. The van der Waals surface area contributed by atoms with Crippen molar-refractivity contribution < 1.29 is 9.84 Å². The summed E-state index contributed by atoms with van der Waals surface area (Å²) in [6.45, 7) is 1.70. The van der Waals surface area contributed by atoms with Gasteiger partial charge >= 0.3 is 0 Å². The van der Waals surface area contributed by atoms with Crippen molar-refractivity contribution in [3.8, 4) is 16.9 Å². The number of hydrogen-bond acceptors (Lipinski definition) is 3. The van der Waals surface area contributed by atoms with Crippen LogP contribution in [0.25, 0.3) is 22.2 Å². The van der Waals surface area contributed by atoms with Crippen LogP contribution in [0.1, 0.15) is 18.9 Å². The second-order valence-corrected chi connectivity index (χ2v) is 4.76. The fraction of sp³-hybridized carbons (Fsp3) is 0.188. The molecule has 0 aliphatic heterocycles. The zero-order valence-corrected chi connectivity index (χ0v) is 11.4. The smallest absolute Gasteiger partial charge is 0.135 e. The molecule has 1 atom stereocenters. The van der Waals surface area contributed by atoms with Gasteiger partial charge in [0.25, 0.3) is 0 Å². The monoisotopic (exact) mass is 268 g/mol. The Labute approximate surface area is 117 Å². The molecule has 4 heteroatoms. The third kappa shape index (κ3) is 2.26. The van der Waals surface area contributed by atoms with Gasteiger partial charge in [-0.05, 0) is 42.3 Å². The summed E-state index contributed by atoms with van der Waals surface area (Å²) in [7, 11) is 1.66. The minimum absolute atomic E-state index is 0.590. The predicted molar refractivity (Wildman–Crippen MR) is 78.7 cm³/mol. The average molecular weight is 268 g/mol. The van der Waals surface area contributed by atoms with E-state index in [1.807, 2.05) is 42.5 Å². The van der Waals surface area contributed by atoms with Gasteiger partial charge in [-0.25, -0.2) is 4.98 Å². The van der Waals surface area contributed by atoms with E-state index in [4.69, 9.17) is 4.74 Å². The molecule has 1 heterocycles. The number of benzene rings is 2. The van der Waals surface area contributed by atoms with Gasteiger partial charge in [0.1, 0.15) is 17.7 Å². The quantitative estimate of drug-likeness (QED) is 0.766. The number of fused-ring (bicyclic) bond motifs is 1. The highest BCUT2D eigenvalue weighted by Crippen LogP contribution is 2.26. The number of imidazole rings is 1. The van der Waals surface area contributed by atoms with Crippen molar-refractivity contribution in [2.24, 2.45) is 0 Å². The number of aliphatic hydroxyl groups is 1. The normalized spacial score (nSPS) is 12.6. The van der Waals surface area contributed by atoms with Crippen LogP contribution in [0.2, 0.25) is 0 Å². The number of H-pyrrole nitrogens is 1. The van der Waals surface area contributed by atoms with Crippen LogP contribution < -0.4 is 4.74 Å². The lowest BCUT2D eigenvalue weighted by Gasteiger charge is -2.03. The Bertz CT molecular complexity index is 730. The lowest BCUT2D eigenvalue weighted by atomic mass is 10.1. The van der Waals surface area contributed by atoms with Crippen LogP contribution in [0, 0.1) is 0 Å². The largest absolute Gasteiger partial charge is 0.497 e. The molecule has 20 heavy (non-hydrogen) atoms. The first-order chi connectivity index (χ1) is 9.67. The van der Waals surface area contributed by atoms with Crippen molar-refractivity contribution in [2.75, 3.05) is 7.11 Å². The highest BCUT2D eigenvalue weighted by molar-refractivity contribution is 5.82. The van der Waals surface area contributed by atoms with E-state index in [-0.39, 0.29) is 0 Å². The van der Waals surface area contributed by atoms with Crippen LogP contribution in [-0.2, 0) is 0 Å². The van der Waals surface area contributed by atoms with Crippen LogP contribution in [0.3, 0.4) is 0 Å². The van der Waals surface area contributed by atoms with Gasteiger partial charge in [-0.3, -0.25) is 0 Å². The number of nitrogens with zero attached hydrogens (tertiary/aromatic N) is 1. The number of aromatic nitrogens is 2. The summed E-state index contributed by atoms with van der Waals surface area (Å²) < 4.78 is 5.16. The highest BCUT2D eigenvalue weighted by Gasteiger charge is 2.08. The van der Waals surface area contributed by atoms with E-state index in [2.05, 4.69) is 9.97 Å². The minimum Gasteiger partial charge on any atom is -0.497 e. The van der Waals surface area contributed by atoms with Crippen LogP contribution in [0.15, 0.2) is 42.5 Å². The summed E-state index contributed by atoms with van der Waals surface area (Å²) in [5.41, 5.74) is 3.99. The molecule has 0 aliphatic rings. The zero-order chi connectivity index (χ0) is 14.1. The molecule has 0 radical (unpaired) electrons. The molecule has 2 aromatic carbocycles. The van der Waals surface area contributed by atoms with Crippen molar-refractivity contribution >= 4 is 11.0 Å². The second kappa shape index (κ2) is 4.98. The van der Waals surface area contributed by atoms with Gasteiger partial charge < -0.3 is 14.8 Å². The number of aliphatic hydroxyl groups excluding tert-OH is 1. The fourth-order valence-electron chi connectivity index (χ4n) is 2.19. The van der Waals surface area contributed by atoms with Crippen molar-refractivity contribution in [2.45, 2.75) is 13.0 Å². The lowest BCUT2D eigenvalue weighted by Crippen LogP contribution is -1.92. The summed E-state index contributed by atoms with van der Waals surface area (Å²) in [5.74, 6) is 1.43. The maximum absolute atomic E-state index is 9.56. The predicted octanol–water partition coefficient (Wildman–Crippen LogP) is 3.29. The molecule has 0 saturated carbocycles. The molecule has 0 bridgehead atoms. The third-order valence-corrected chi connectivity index (χ3v) is 3.32. The molecule has 3 rings (SSSR count). The van der Waals surface area contributed by atoms with Crippen LogP contribution in [-0.4, -0.2) is 22.2 Å². The Morgan fingerprint density at radius 3 is 2.45 bits per heavy atom. The Morgan fingerprint density at radius 2 is 1.80 bits per heavy atom. The number of methoxy groups -OCH3 is 1. The van der Waals surface area contributed by atoms with Gasteiger partial charge in [0.15, 0.2) is 0 Å². The van der Waals surface area contributed by atoms with E-state index in [0.717, 1.165) is 27.9 Å². The highest BCUT2D eigenvalue weighted by atomic mass is 16.5.